The third kappa shape index (κ3) is 2.06. The summed E-state index contributed by atoms with van der Waals surface area (Å²) >= 11 is 0. The highest BCUT2D eigenvalue weighted by atomic mass is 16.5. The maximum absolute atomic E-state index is 12.1. The standard InChI is InChI=1S/C15H17NO3/c1-10-3-2-4-12-13(10)16(15(18)14(12)17)9-11-5-7-19-8-6-11/h2-4,11H,5-9H2,1H3. The molecule has 1 aromatic rings. The summed E-state index contributed by atoms with van der Waals surface area (Å²) in [6, 6.07) is 5.52. The second-order valence-corrected chi connectivity index (χ2v) is 5.27. The number of fused-ring (bicyclic) bond motifs is 1. The van der Waals surface area contributed by atoms with Crippen LogP contribution in [-0.4, -0.2) is 31.4 Å². The Balaban J connectivity index is 1.90. The zero-order valence-electron chi connectivity index (χ0n) is 11.0. The van der Waals surface area contributed by atoms with E-state index in [0.29, 0.717) is 18.0 Å². The van der Waals surface area contributed by atoms with Crippen molar-refractivity contribution in [1.29, 1.82) is 0 Å². The highest BCUT2D eigenvalue weighted by molar-refractivity contribution is 6.52. The molecule has 1 fully saturated rings. The van der Waals surface area contributed by atoms with Crippen molar-refractivity contribution in [3.05, 3.63) is 29.3 Å². The summed E-state index contributed by atoms with van der Waals surface area (Å²) in [4.78, 5) is 25.8. The van der Waals surface area contributed by atoms with Crippen molar-refractivity contribution in [1.82, 2.24) is 0 Å². The Bertz CT molecular complexity index is 532. The van der Waals surface area contributed by atoms with Crippen LogP contribution < -0.4 is 4.90 Å². The average molecular weight is 259 g/mol. The number of hydrogen-bond donors (Lipinski definition) is 0. The van der Waals surface area contributed by atoms with E-state index in [-0.39, 0.29) is 11.7 Å². The summed E-state index contributed by atoms with van der Waals surface area (Å²) in [7, 11) is 0. The van der Waals surface area contributed by atoms with Gasteiger partial charge in [0.2, 0.25) is 0 Å². The summed E-state index contributed by atoms with van der Waals surface area (Å²) < 4.78 is 5.33. The lowest BCUT2D eigenvalue weighted by atomic mass is 9.99. The van der Waals surface area contributed by atoms with Gasteiger partial charge in [0.05, 0.1) is 11.3 Å². The molecule has 0 atom stereocenters. The summed E-state index contributed by atoms with van der Waals surface area (Å²) in [6.45, 7) is 4.08. The van der Waals surface area contributed by atoms with E-state index >= 15 is 0 Å². The predicted molar refractivity (Wildman–Crippen MR) is 71.4 cm³/mol. The molecular formula is C15H17NO3. The minimum absolute atomic E-state index is 0.370. The first-order chi connectivity index (χ1) is 9.18. The van der Waals surface area contributed by atoms with Crippen LogP contribution in [0.25, 0.3) is 0 Å². The number of ether oxygens (including phenoxy) is 1. The highest BCUT2D eigenvalue weighted by Gasteiger charge is 2.37. The minimum atomic E-state index is -0.379. The van der Waals surface area contributed by atoms with Gasteiger partial charge in [-0.2, -0.15) is 0 Å². The van der Waals surface area contributed by atoms with E-state index in [1.807, 2.05) is 19.1 Å². The lowest BCUT2D eigenvalue weighted by Crippen LogP contribution is -2.36. The topological polar surface area (TPSA) is 46.6 Å². The van der Waals surface area contributed by atoms with Crippen molar-refractivity contribution in [2.45, 2.75) is 19.8 Å². The van der Waals surface area contributed by atoms with Crippen molar-refractivity contribution in [2.24, 2.45) is 5.92 Å². The van der Waals surface area contributed by atoms with Crippen LogP contribution in [0.4, 0.5) is 5.69 Å². The second kappa shape index (κ2) is 4.78. The number of Topliss-reactive ketones (excluding diaryl/α,β-unsaturated/α-hetero) is 1. The molecule has 1 amide bonds. The monoisotopic (exact) mass is 259 g/mol. The van der Waals surface area contributed by atoms with Gasteiger partial charge in [-0.15, -0.1) is 0 Å². The van der Waals surface area contributed by atoms with Crippen LogP contribution in [0.1, 0.15) is 28.8 Å². The number of nitrogens with zero attached hydrogens (tertiary/aromatic N) is 1. The zero-order valence-corrected chi connectivity index (χ0v) is 11.0. The number of rotatable bonds is 2. The lowest BCUT2D eigenvalue weighted by Gasteiger charge is -2.27. The molecule has 0 bridgehead atoms. The molecule has 2 aliphatic rings. The van der Waals surface area contributed by atoms with Crippen LogP contribution >= 0.6 is 0 Å². The number of ketones is 1. The largest absolute Gasteiger partial charge is 0.381 e. The summed E-state index contributed by atoms with van der Waals surface area (Å²) in [5.41, 5.74) is 2.35. The molecule has 0 aliphatic carbocycles. The first kappa shape index (κ1) is 12.4. The minimum Gasteiger partial charge on any atom is -0.381 e. The Hall–Kier alpha value is -1.68. The van der Waals surface area contributed by atoms with Crippen LogP contribution in [0.5, 0.6) is 0 Å². The summed E-state index contributed by atoms with van der Waals surface area (Å²) in [6.07, 6.45) is 1.92. The van der Waals surface area contributed by atoms with Gasteiger partial charge >= 0.3 is 0 Å². The van der Waals surface area contributed by atoms with Crippen molar-refractivity contribution in [2.75, 3.05) is 24.7 Å². The van der Waals surface area contributed by atoms with E-state index in [0.717, 1.165) is 37.3 Å². The molecule has 2 heterocycles. The summed E-state index contributed by atoms with van der Waals surface area (Å²) in [5.74, 6) is -0.322. The van der Waals surface area contributed by atoms with Crippen molar-refractivity contribution >= 4 is 17.4 Å². The fourth-order valence-corrected chi connectivity index (χ4v) is 2.90. The smallest absolute Gasteiger partial charge is 0.299 e. The molecule has 1 aromatic carbocycles. The Morgan fingerprint density at radius 3 is 2.74 bits per heavy atom. The molecule has 0 spiro atoms. The second-order valence-electron chi connectivity index (χ2n) is 5.27. The van der Waals surface area contributed by atoms with Crippen LogP contribution in [0.15, 0.2) is 18.2 Å². The molecule has 3 rings (SSSR count). The Morgan fingerprint density at radius 1 is 1.26 bits per heavy atom. The van der Waals surface area contributed by atoms with Gasteiger partial charge in [-0.3, -0.25) is 9.59 Å². The first-order valence-electron chi connectivity index (χ1n) is 6.72. The van der Waals surface area contributed by atoms with Crippen molar-refractivity contribution in [3.8, 4) is 0 Å². The van der Waals surface area contributed by atoms with E-state index < -0.39 is 0 Å². The lowest BCUT2D eigenvalue weighted by molar-refractivity contribution is -0.114. The highest BCUT2D eigenvalue weighted by Crippen LogP contribution is 2.33. The van der Waals surface area contributed by atoms with Gasteiger partial charge in [0, 0.05) is 19.8 Å². The molecule has 0 saturated carbocycles. The van der Waals surface area contributed by atoms with Gasteiger partial charge in [0.1, 0.15) is 0 Å². The molecule has 0 aromatic heterocycles. The summed E-state index contributed by atoms with van der Waals surface area (Å²) in [5, 5.41) is 0. The fourth-order valence-electron chi connectivity index (χ4n) is 2.90. The van der Waals surface area contributed by atoms with Gasteiger partial charge < -0.3 is 9.64 Å². The molecule has 2 aliphatic heterocycles. The molecule has 0 radical (unpaired) electrons. The van der Waals surface area contributed by atoms with E-state index in [4.69, 9.17) is 4.74 Å². The van der Waals surface area contributed by atoms with Crippen molar-refractivity contribution < 1.29 is 14.3 Å². The first-order valence-corrected chi connectivity index (χ1v) is 6.72. The van der Waals surface area contributed by atoms with E-state index in [1.165, 1.54) is 0 Å². The number of carbonyl (C=O) groups excluding carboxylic acids is 2. The molecule has 19 heavy (non-hydrogen) atoms. The zero-order chi connectivity index (χ0) is 13.4. The number of amides is 1. The number of carbonyl (C=O) groups is 2. The molecule has 4 nitrogen and oxygen atoms in total. The van der Waals surface area contributed by atoms with Gasteiger partial charge in [-0.25, -0.2) is 0 Å². The average Bonchev–Trinajstić information content (AvgIpc) is 2.67. The normalized spacial score (nSPS) is 19.9. The van der Waals surface area contributed by atoms with E-state index in [2.05, 4.69) is 0 Å². The number of benzene rings is 1. The number of aryl methyl sites for hydroxylation is 1. The van der Waals surface area contributed by atoms with Crippen LogP contribution in [0, 0.1) is 12.8 Å². The predicted octanol–water partition coefficient (Wildman–Crippen LogP) is 1.95. The number of hydrogen-bond acceptors (Lipinski definition) is 3. The maximum Gasteiger partial charge on any atom is 0.299 e. The quantitative estimate of drug-likeness (QED) is 0.763. The molecule has 100 valence electrons. The fraction of sp³-hybridized carbons (Fsp3) is 0.467. The van der Waals surface area contributed by atoms with E-state index in [9.17, 15) is 9.59 Å². The van der Waals surface area contributed by atoms with Crippen LogP contribution in [0.2, 0.25) is 0 Å². The third-order valence-corrected chi connectivity index (χ3v) is 3.97. The molecule has 4 heteroatoms. The van der Waals surface area contributed by atoms with Crippen molar-refractivity contribution in [3.63, 3.8) is 0 Å². The Kier molecular flexibility index (Phi) is 3.11. The maximum atomic E-state index is 12.1. The van der Waals surface area contributed by atoms with Gasteiger partial charge in [-0.1, -0.05) is 12.1 Å². The van der Waals surface area contributed by atoms with Gasteiger partial charge in [-0.05, 0) is 37.3 Å². The molecular weight excluding hydrogens is 242 g/mol. The molecule has 1 saturated heterocycles. The number of anilines is 1. The van der Waals surface area contributed by atoms with Crippen LogP contribution in [-0.2, 0) is 9.53 Å². The molecule has 0 N–H and O–H groups in total. The number of para-hydroxylation sites is 1. The van der Waals surface area contributed by atoms with Crippen LogP contribution in [0.3, 0.4) is 0 Å². The third-order valence-electron chi connectivity index (χ3n) is 3.97. The SMILES string of the molecule is Cc1cccc2c1N(CC1CCOCC1)C(=O)C2=O. The Labute approximate surface area is 112 Å². The van der Waals surface area contributed by atoms with Gasteiger partial charge in [0.25, 0.3) is 11.7 Å². The van der Waals surface area contributed by atoms with E-state index in [1.54, 1.807) is 11.0 Å². The van der Waals surface area contributed by atoms with Gasteiger partial charge in [0.15, 0.2) is 0 Å². The Morgan fingerprint density at radius 2 is 2.00 bits per heavy atom. The molecule has 0 unspecified atom stereocenters.